The standard InChI is InChI=1S/C19H19NO3S/c1-14-6-2-5-9-17(14)23-11-13-24-12-10-20-18(21)15-7-3-4-8-16(15)19(20)22/h2-9H,10-13H2,1H3. The van der Waals surface area contributed by atoms with E-state index in [0.717, 1.165) is 17.1 Å². The van der Waals surface area contributed by atoms with E-state index in [0.29, 0.717) is 30.0 Å². The maximum atomic E-state index is 12.2. The fourth-order valence-corrected chi connectivity index (χ4v) is 3.35. The summed E-state index contributed by atoms with van der Waals surface area (Å²) in [4.78, 5) is 25.8. The van der Waals surface area contributed by atoms with Gasteiger partial charge in [-0.2, -0.15) is 11.8 Å². The number of aryl methyl sites for hydroxylation is 1. The number of thioether (sulfide) groups is 1. The fourth-order valence-electron chi connectivity index (χ4n) is 2.63. The van der Waals surface area contributed by atoms with Gasteiger partial charge in [0.25, 0.3) is 11.8 Å². The predicted molar refractivity (Wildman–Crippen MR) is 95.8 cm³/mol. The molecule has 0 saturated heterocycles. The summed E-state index contributed by atoms with van der Waals surface area (Å²) in [6.07, 6.45) is 0. The third kappa shape index (κ3) is 3.46. The second-order valence-electron chi connectivity index (χ2n) is 5.53. The van der Waals surface area contributed by atoms with Crippen molar-refractivity contribution in [2.24, 2.45) is 0 Å². The lowest BCUT2D eigenvalue weighted by atomic mass is 10.1. The molecule has 1 aliphatic heterocycles. The van der Waals surface area contributed by atoms with Gasteiger partial charge in [-0.3, -0.25) is 14.5 Å². The molecule has 0 spiro atoms. The maximum Gasteiger partial charge on any atom is 0.261 e. The number of hydrogen-bond donors (Lipinski definition) is 0. The van der Waals surface area contributed by atoms with Crippen LogP contribution < -0.4 is 4.74 Å². The molecule has 0 N–H and O–H groups in total. The number of hydrogen-bond acceptors (Lipinski definition) is 4. The number of imide groups is 1. The summed E-state index contributed by atoms with van der Waals surface area (Å²) in [5, 5.41) is 0. The third-order valence-electron chi connectivity index (χ3n) is 3.92. The van der Waals surface area contributed by atoms with Gasteiger partial charge in [-0.1, -0.05) is 30.3 Å². The highest BCUT2D eigenvalue weighted by atomic mass is 32.2. The van der Waals surface area contributed by atoms with E-state index in [2.05, 4.69) is 0 Å². The molecule has 0 fully saturated rings. The summed E-state index contributed by atoms with van der Waals surface area (Å²) in [5.41, 5.74) is 2.14. The van der Waals surface area contributed by atoms with Crippen LogP contribution in [0.5, 0.6) is 5.75 Å². The summed E-state index contributed by atoms with van der Waals surface area (Å²) in [6, 6.07) is 14.9. The Kier molecular flexibility index (Phi) is 5.20. The number of fused-ring (bicyclic) bond motifs is 1. The second kappa shape index (κ2) is 7.53. The van der Waals surface area contributed by atoms with Crippen LogP contribution in [0.2, 0.25) is 0 Å². The first-order valence-electron chi connectivity index (χ1n) is 7.90. The van der Waals surface area contributed by atoms with Crippen molar-refractivity contribution in [1.82, 2.24) is 4.90 Å². The lowest BCUT2D eigenvalue weighted by molar-refractivity contribution is 0.0664. The number of ether oxygens (including phenoxy) is 1. The Labute approximate surface area is 145 Å². The molecule has 24 heavy (non-hydrogen) atoms. The molecule has 1 aliphatic rings. The van der Waals surface area contributed by atoms with Crippen molar-refractivity contribution < 1.29 is 14.3 Å². The molecule has 0 unspecified atom stereocenters. The first kappa shape index (κ1) is 16.6. The van der Waals surface area contributed by atoms with Crippen molar-refractivity contribution in [2.75, 3.05) is 24.7 Å². The number of para-hydroxylation sites is 1. The minimum Gasteiger partial charge on any atom is -0.492 e. The maximum absolute atomic E-state index is 12.2. The summed E-state index contributed by atoms with van der Waals surface area (Å²) >= 11 is 1.68. The fraction of sp³-hybridized carbons (Fsp3) is 0.263. The molecular weight excluding hydrogens is 322 g/mol. The van der Waals surface area contributed by atoms with Crippen LogP contribution in [0.3, 0.4) is 0 Å². The van der Waals surface area contributed by atoms with Crippen LogP contribution in [0.25, 0.3) is 0 Å². The average molecular weight is 341 g/mol. The van der Waals surface area contributed by atoms with Gasteiger partial charge >= 0.3 is 0 Å². The second-order valence-corrected chi connectivity index (χ2v) is 6.76. The number of amides is 2. The Balaban J connectivity index is 1.41. The van der Waals surface area contributed by atoms with Gasteiger partial charge in [0.2, 0.25) is 0 Å². The zero-order chi connectivity index (χ0) is 16.9. The van der Waals surface area contributed by atoms with Crippen molar-refractivity contribution >= 4 is 23.6 Å². The van der Waals surface area contributed by atoms with E-state index in [4.69, 9.17) is 4.74 Å². The molecule has 124 valence electrons. The minimum atomic E-state index is -0.188. The third-order valence-corrected chi connectivity index (χ3v) is 4.84. The molecule has 4 nitrogen and oxygen atoms in total. The van der Waals surface area contributed by atoms with E-state index < -0.39 is 0 Å². The molecule has 0 saturated carbocycles. The molecule has 2 amide bonds. The SMILES string of the molecule is Cc1ccccc1OCCSCCN1C(=O)c2ccccc2C1=O. The van der Waals surface area contributed by atoms with E-state index >= 15 is 0 Å². The van der Waals surface area contributed by atoms with E-state index in [-0.39, 0.29) is 11.8 Å². The quantitative estimate of drug-likeness (QED) is 0.572. The smallest absolute Gasteiger partial charge is 0.261 e. The van der Waals surface area contributed by atoms with Gasteiger partial charge in [0.15, 0.2) is 0 Å². The lowest BCUT2D eigenvalue weighted by Crippen LogP contribution is -2.32. The van der Waals surface area contributed by atoms with Crippen molar-refractivity contribution in [3.63, 3.8) is 0 Å². The van der Waals surface area contributed by atoms with Gasteiger partial charge in [-0.05, 0) is 30.7 Å². The summed E-state index contributed by atoms with van der Waals surface area (Å²) in [6.45, 7) is 3.06. The van der Waals surface area contributed by atoms with Gasteiger partial charge in [0.05, 0.1) is 17.7 Å². The van der Waals surface area contributed by atoms with E-state index in [9.17, 15) is 9.59 Å². The van der Waals surface area contributed by atoms with Gasteiger partial charge < -0.3 is 4.74 Å². The topological polar surface area (TPSA) is 46.6 Å². The van der Waals surface area contributed by atoms with Crippen LogP contribution in [-0.4, -0.2) is 41.4 Å². The van der Waals surface area contributed by atoms with Gasteiger partial charge in [-0.15, -0.1) is 0 Å². The Bertz CT molecular complexity index is 725. The molecule has 2 aromatic carbocycles. The molecule has 0 bridgehead atoms. The molecule has 0 aromatic heterocycles. The monoisotopic (exact) mass is 341 g/mol. The molecular formula is C19H19NO3S. The molecule has 3 rings (SSSR count). The lowest BCUT2D eigenvalue weighted by Gasteiger charge is -2.13. The zero-order valence-electron chi connectivity index (χ0n) is 13.5. The van der Waals surface area contributed by atoms with Gasteiger partial charge in [-0.25, -0.2) is 0 Å². The first-order valence-corrected chi connectivity index (χ1v) is 9.05. The van der Waals surface area contributed by atoms with Crippen molar-refractivity contribution in [3.8, 4) is 5.75 Å². The van der Waals surface area contributed by atoms with E-state index in [1.165, 1.54) is 4.90 Å². The number of rotatable bonds is 7. The Morgan fingerprint density at radius 1 is 0.917 bits per heavy atom. The Morgan fingerprint density at radius 2 is 1.54 bits per heavy atom. The van der Waals surface area contributed by atoms with E-state index in [1.807, 2.05) is 31.2 Å². The van der Waals surface area contributed by atoms with E-state index in [1.54, 1.807) is 36.0 Å². The normalized spacial score (nSPS) is 13.3. The highest BCUT2D eigenvalue weighted by Crippen LogP contribution is 2.22. The van der Waals surface area contributed by atoms with Gasteiger partial charge in [0.1, 0.15) is 5.75 Å². The van der Waals surface area contributed by atoms with Gasteiger partial charge in [0, 0.05) is 18.1 Å². The van der Waals surface area contributed by atoms with Crippen LogP contribution in [0.1, 0.15) is 26.3 Å². The highest BCUT2D eigenvalue weighted by Gasteiger charge is 2.34. The molecule has 2 aromatic rings. The predicted octanol–water partition coefficient (Wildman–Crippen LogP) is 3.40. The van der Waals surface area contributed by atoms with Crippen LogP contribution in [0.4, 0.5) is 0 Å². The largest absolute Gasteiger partial charge is 0.492 e. The zero-order valence-corrected chi connectivity index (χ0v) is 14.3. The van der Waals surface area contributed by atoms with Crippen LogP contribution in [0.15, 0.2) is 48.5 Å². The summed E-state index contributed by atoms with van der Waals surface area (Å²) in [7, 11) is 0. The number of carbonyl (C=O) groups excluding carboxylic acids is 2. The van der Waals surface area contributed by atoms with Crippen molar-refractivity contribution in [1.29, 1.82) is 0 Å². The first-order chi connectivity index (χ1) is 11.7. The summed E-state index contributed by atoms with van der Waals surface area (Å²) in [5.74, 6) is 2.05. The summed E-state index contributed by atoms with van der Waals surface area (Å²) < 4.78 is 5.73. The van der Waals surface area contributed by atoms with Crippen LogP contribution in [0, 0.1) is 6.92 Å². The Morgan fingerprint density at radius 3 is 2.21 bits per heavy atom. The van der Waals surface area contributed by atoms with Crippen molar-refractivity contribution in [2.45, 2.75) is 6.92 Å². The minimum absolute atomic E-state index is 0.188. The van der Waals surface area contributed by atoms with Crippen molar-refractivity contribution in [3.05, 3.63) is 65.2 Å². The highest BCUT2D eigenvalue weighted by molar-refractivity contribution is 7.99. The molecule has 5 heteroatoms. The van der Waals surface area contributed by atoms with Crippen LogP contribution >= 0.6 is 11.8 Å². The number of nitrogens with zero attached hydrogens (tertiary/aromatic N) is 1. The van der Waals surface area contributed by atoms with Crippen LogP contribution in [-0.2, 0) is 0 Å². The average Bonchev–Trinajstić information content (AvgIpc) is 2.84. The molecule has 0 atom stereocenters. The molecule has 0 aliphatic carbocycles. The number of benzene rings is 2. The molecule has 0 radical (unpaired) electrons. The molecule has 1 heterocycles. The Hall–Kier alpha value is -2.27. The number of carbonyl (C=O) groups is 2.